The Morgan fingerprint density at radius 3 is 2.33 bits per heavy atom. The molecule has 0 spiro atoms. The molecule has 0 radical (unpaired) electrons. The van der Waals surface area contributed by atoms with E-state index in [4.69, 9.17) is 23.2 Å². The molecule has 4 heteroatoms. The van der Waals surface area contributed by atoms with E-state index in [1.807, 2.05) is 30.3 Å². The molecule has 0 heterocycles. The van der Waals surface area contributed by atoms with Gasteiger partial charge in [-0.15, -0.1) is 11.6 Å². The van der Waals surface area contributed by atoms with Crippen molar-refractivity contribution in [2.24, 2.45) is 0 Å². The highest BCUT2D eigenvalue weighted by atomic mass is 79.9. The molecular weight excluding hydrogens is 374 g/mol. The van der Waals surface area contributed by atoms with Gasteiger partial charge in [0.25, 0.3) is 0 Å². The smallest absolute Gasteiger partial charge is 0.129 e. The Balaban J connectivity index is 2.23. The van der Waals surface area contributed by atoms with Crippen LogP contribution in [0.5, 0.6) is 0 Å². The van der Waals surface area contributed by atoms with Gasteiger partial charge >= 0.3 is 0 Å². The SMILES string of the molecule is Fc1cccc(Br)c1C(Cl)c1ccc(Cl)c2ccccc12. The van der Waals surface area contributed by atoms with E-state index in [1.165, 1.54) is 6.07 Å². The van der Waals surface area contributed by atoms with Crippen LogP contribution >= 0.6 is 39.1 Å². The van der Waals surface area contributed by atoms with Gasteiger partial charge < -0.3 is 0 Å². The van der Waals surface area contributed by atoms with Gasteiger partial charge in [0.05, 0.1) is 5.38 Å². The van der Waals surface area contributed by atoms with Crippen LogP contribution in [0.2, 0.25) is 5.02 Å². The number of benzene rings is 3. The maximum atomic E-state index is 14.1. The molecule has 1 atom stereocenters. The summed E-state index contributed by atoms with van der Waals surface area (Å²) in [5.74, 6) is -0.330. The second kappa shape index (κ2) is 5.96. The predicted octanol–water partition coefficient (Wildman–Crippen LogP) is 6.72. The molecule has 0 aliphatic heterocycles. The first-order valence-electron chi connectivity index (χ1n) is 6.34. The van der Waals surface area contributed by atoms with E-state index in [2.05, 4.69) is 15.9 Å². The van der Waals surface area contributed by atoms with E-state index in [-0.39, 0.29) is 5.82 Å². The van der Waals surface area contributed by atoms with Gasteiger partial charge in [-0.05, 0) is 29.1 Å². The monoisotopic (exact) mass is 382 g/mol. The number of fused-ring (bicyclic) bond motifs is 1. The molecule has 0 nitrogen and oxygen atoms in total. The van der Waals surface area contributed by atoms with E-state index in [9.17, 15) is 4.39 Å². The molecule has 3 rings (SSSR count). The largest absolute Gasteiger partial charge is 0.207 e. The van der Waals surface area contributed by atoms with Crippen LogP contribution in [0, 0.1) is 5.82 Å². The number of hydrogen-bond donors (Lipinski definition) is 0. The maximum Gasteiger partial charge on any atom is 0.129 e. The highest BCUT2D eigenvalue weighted by Crippen LogP contribution is 2.40. The molecule has 0 N–H and O–H groups in total. The summed E-state index contributed by atoms with van der Waals surface area (Å²) in [4.78, 5) is 0. The van der Waals surface area contributed by atoms with Gasteiger partial charge in [0.2, 0.25) is 0 Å². The molecule has 0 bridgehead atoms. The fourth-order valence-corrected chi connectivity index (χ4v) is 3.76. The molecule has 0 fully saturated rings. The van der Waals surface area contributed by atoms with Crippen molar-refractivity contribution in [2.45, 2.75) is 5.38 Å². The average molecular weight is 384 g/mol. The van der Waals surface area contributed by atoms with Crippen LogP contribution in [0.4, 0.5) is 4.39 Å². The van der Waals surface area contributed by atoms with E-state index in [0.717, 1.165) is 16.3 Å². The van der Waals surface area contributed by atoms with Crippen LogP contribution in [0.1, 0.15) is 16.5 Å². The van der Waals surface area contributed by atoms with Crippen LogP contribution in [0.15, 0.2) is 59.1 Å². The quantitative estimate of drug-likeness (QED) is 0.430. The van der Waals surface area contributed by atoms with Crippen molar-refractivity contribution >= 4 is 49.9 Å². The number of hydrogen-bond acceptors (Lipinski definition) is 0. The number of rotatable bonds is 2. The van der Waals surface area contributed by atoms with Crippen molar-refractivity contribution in [2.75, 3.05) is 0 Å². The molecule has 3 aromatic rings. The van der Waals surface area contributed by atoms with Gasteiger partial charge in [0.15, 0.2) is 0 Å². The summed E-state index contributed by atoms with van der Waals surface area (Å²) < 4.78 is 14.8. The Kier molecular flexibility index (Phi) is 4.21. The molecule has 3 aromatic carbocycles. The van der Waals surface area contributed by atoms with E-state index in [0.29, 0.717) is 15.1 Å². The van der Waals surface area contributed by atoms with E-state index >= 15 is 0 Å². The third-order valence-electron chi connectivity index (χ3n) is 3.43. The summed E-state index contributed by atoms with van der Waals surface area (Å²) in [6, 6.07) is 16.2. The first-order valence-corrected chi connectivity index (χ1v) is 7.95. The predicted molar refractivity (Wildman–Crippen MR) is 90.8 cm³/mol. The fraction of sp³-hybridized carbons (Fsp3) is 0.0588. The zero-order valence-corrected chi connectivity index (χ0v) is 13.9. The third-order valence-corrected chi connectivity index (χ3v) is 4.91. The molecule has 0 aliphatic carbocycles. The molecular formula is C17H10BrCl2F. The summed E-state index contributed by atoms with van der Waals surface area (Å²) in [5.41, 5.74) is 1.27. The van der Waals surface area contributed by atoms with Gasteiger partial charge in [-0.2, -0.15) is 0 Å². The summed E-state index contributed by atoms with van der Waals surface area (Å²) in [6.07, 6.45) is 0. The molecule has 0 saturated heterocycles. The lowest BCUT2D eigenvalue weighted by molar-refractivity contribution is 0.611. The lowest BCUT2D eigenvalue weighted by Crippen LogP contribution is -1.99. The Labute approximate surface area is 140 Å². The van der Waals surface area contributed by atoms with Crippen molar-refractivity contribution in [3.63, 3.8) is 0 Å². The van der Waals surface area contributed by atoms with Crippen molar-refractivity contribution in [3.8, 4) is 0 Å². The Morgan fingerprint density at radius 1 is 0.905 bits per heavy atom. The summed E-state index contributed by atoms with van der Waals surface area (Å²) in [5, 5.41) is 1.91. The molecule has 21 heavy (non-hydrogen) atoms. The van der Waals surface area contributed by atoms with Gasteiger partial charge in [0.1, 0.15) is 5.82 Å². The van der Waals surface area contributed by atoms with Gasteiger partial charge in [-0.3, -0.25) is 0 Å². The van der Waals surface area contributed by atoms with Crippen molar-refractivity contribution < 1.29 is 4.39 Å². The standard InChI is InChI=1S/C17H10BrCl2F/c18-13-6-3-7-15(21)16(13)17(20)12-8-9-14(19)11-5-2-1-4-10(11)12/h1-9,17H. The van der Waals surface area contributed by atoms with Gasteiger partial charge in [-0.1, -0.05) is 63.9 Å². The highest BCUT2D eigenvalue weighted by Gasteiger charge is 2.20. The number of halogens is 4. The minimum absolute atomic E-state index is 0.330. The van der Waals surface area contributed by atoms with Crippen LogP contribution < -0.4 is 0 Å². The first-order chi connectivity index (χ1) is 10.1. The molecule has 0 aromatic heterocycles. The lowest BCUT2D eigenvalue weighted by Gasteiger charge is -2.16. The molecule has 0 aliphatic rings. The van der Waals surface area contributed by atoms with Crippen LogP contribution in [0.25, 0.3) is 10.8 Å². The maximum absolute atomic E-state index is 14.1. The number of alkyl halides is 1. The van der Waals surface area contributed by atoms with Gasteiger partial charge in [0, 0.05) is 20.4 Å². The van der Waals surface area contributed by atoms with Crippen molar-refractivity contribution in [1.29, 1.82) is 0 Å². The Morgan fingerprint density at radius 2 is 1.62 bits per heavy atom. The average Bonchev–Trinajstić information content (AvgIpc) is 2.47. The van der Waals surface area contributed by atoms with E-state index < -0.39 is 5.38 Å². The van der Waals surface area contributed by atoms with Crippen molar-refractivity contribution in [1.82, 2.24) is 0 Å². The second-order valence-electron chi connectivity index (χ2n) is 4.68. The summed E-state index contributed by atoms with van der Waals surface area (Å²) >= 11 is 16.1. The van der Waals surface area contributed by atoms with Crippen LogP contribution in [-0.4, -0.2) is 0 Å². The van der Waals surface area contributed by atoms with Gasteiger partial charge in [-0.25, -0.2) is 4.39 Å². The minimum atomic E-state index is -0.595. The lowest BCUT2D eigenvalue weighted by atomic mass is 9.97. The first kappa shape index (κ1) is 14.8. The topological polar surface area (TPSA) is 0 Å². The Hall–Kier alpha value is -1.09. The molecule has 0 amide bonds. The molecule has 0 saturated carbocycles. The van der Waals surface area contributed by atoms with Crippen molar-refractivity contribution in [3.05, 3.63) is 81.0 Å². The van der Waals surface area contributed by atoms with Crippen LogP contribution in [0.3, 0.4) is 0 Å². The third kappa shape index (κ3) is 2.68. The highest BCUT2D eigenvalue weighted by molar-refractivity contribution is 9.10. The zero-order chi connectivity index (χ0) is 15.0. The minimum Gasteiger partial charge on any atom is -0.207 e. The molecule has 106 valence electrons. The zero-order valence-electron chi connectivity index (χ0n) is 10.8. The fourth-order valence-electron chi connectivity index (χ4n) is 2.41. The molecule has 1 unspecified atom stereocenters. The van der Waals surface area contributed by atoms with Crippen LogP contribution in [-0.2, 0) is 0 Å². The summed E-state index contributed by atoms with van der Waals surface area (Å²) in [7, 11) is 0. The Bertz CT molecular complexity index is 797. The summed E-state index contributed by atoms with van der Waals surface area (Å²) in [6.45, 7) is 0. The van der Waals surface area contributed by atoms with E-state index in [1.54, 1.807) is 18.2 Å². The normalized spacial score (nSPS) is 12.6. The second-order valence-corrected chi connectivity index (χ2v) is 6.38.